The van der Waals surface area contributed by atoms with E-state index in [1.54, 1.807) is 0 Å². The first-order valence-electron chi connectivity index (χ1n) is 8.79. The molecule has 4 aromatic rings. The van der Waals surface area contributed by atoms with Crippen molar-refractivity contribution in [2.24, 2.45) is 0 Å². The van der Waals surface area contributed by atoms with Crippen molar-refractivity contribution in [3.8, 4) is 5.69 Å². The quantitative estimate of drug-likeness (QED) is 0.537. The van der Waals surface area contributed by atoms with Gasteiger partial charge in [0.2, 0.25) is 0 Å². The van der Waals surface area contributed by atoms with E-state index >= 15 is 0 Å². The molecule has 2 heterocycles. The maximum atomic E-state index is 13.0. The summed E-state index contributed by atoms with van der Waals surface area (Å²) in [5.41, 5.74) is 2.33. The highest BCUT2D eigenvalue weighted by Gasteiger charge is 2.18. The van der Waals surface area contributed by atoms with Crippen LogP contribution in [0.15, 0.2) is 60.7 Å². The first-order chi connectivity index (χ1) is 13.5. The molecule has 0 radical (unpaired) electrons. The largest absolute Gasteiger partial charge is 0.387 e. The molecule has 1 unspecified atom stereocenters. The summed E-state index contributed by atoms with van der Waals surface area (Å²) in [4.78, 5) is 14.0. The number of fused-ring (bicyclic) bond motifs is 1. The lowest BCUT2D eigenvalue weighted by Gasteiger charge is -2.11. The van der Waals surface area contributed by atoms with Crippen LogP contribution in [0.4, 0.5) is 4.39 Å². The molecule has 4 rings (SSSR count). The number of aryl methyl sites for hydroxylation is 1. The second-order valence-corrected chi connectivity index (χ2v) is 7.47. The molecule has 142 valence electrons. The molecule has 5 nitrogen and oxygen atoms in total. The van der Waals surface area contributed by atoms with Crippen molar-refractivity contribution < 1.29 is 14.3 Å². The number of halogens is 1. The van der Waals surface area contributed by atoms with Gasteiger partial charge in [-0.15, -0.1) is 11.3 Å². The van der Waals surface area contributed by atoms with Crippen molar-refractivity contribution in [2.75, 3.05) is 6.54 Å². The highest BCUT2D eigenvalue weighted by molar-refractivity contribution is 7.20. The number of carbonyl (C=O) groups excluding carboxylic acids is 1. The van der Waals surface area contributed by atoms with Gasteiger partial charge >= 0.3 is 0 Å². The Balaban J connectivity index is 1.52. The second-order valence-electron chi connectivity index (χ2n) is 6.44. The zero-order chi connectivity index (χ0) is 19.7. The van der Waals surface area contributed by atoms with E-state index in [0.29, 0.717) is 10.4 Å². The van der Waals surface area contributed by atoms with Crippen LogP contribution in [0.5, 0.6) is 0 Å². The molecule has 0 bridgehead atoms. The van der Waals surface area contributed by atoms with Gasteiger partial charge in [-0.3, -0.25) is 4.79 Å². The van der Waals surface area contributed by atoms with Gasteiger partial charge in [0.05, 0.1) is 22.4 Å². The fourth-order valence-corrected chi connectivity index (χ4v) is 4.08. The summed E-state index contributed by atoms with van der Waals surface area (Å²) < 4.78 is 14.8. The summed E-state index contributed by atoms with van der Waals surface area (Å²) in [7, 11) is 0. The summed E-state index contributed by atoms with van der Waals surface area (Å²) in [6.07, 6.45) is -0.902. The second kappa shape index (κ2) is 7.53. The van der Waals surface area contributed by atoms with Crippen LogP contribution in [-0.4, -0.2) is 27.3 Å². The number of benzene rings is 2. The van der Waals surface area contributed by atoms with E-state index in [9.17, 15) is 14.3 Å². The number of aromatic nitrogens is 2. The predicted octanol–water partition coefficient (Wildman–Crippen LogP) is 4.00. The average Bonchev–Trinajstić information content (AvgIpc) is 3.28. The smallest absolute Gasteiger partial charge is 0.261 e. The molecule has 0 aliphatic rings. The van der Waals surface area contributed by atoms with Crippen molar-refractivity contribution in [1.29, 1.82) is 0 Å². The first kappa shape index (κ1) is 18.3. The molecular formula is C21H18FN3O2S. The van der Waals surface area contributed by atoms with Crippen LogP contribution < -0.4 is 5.32 Å². The number of nitrogens with one attached hydrogen (secondary N) is 1. The summed E-state index contributed by atoms with van der Waals surface area (Å²) in [6.45, 7) is 1.96. The number of nitrogens with zero attached hydrogens (tertiary/aromatic N) is 2. The Kier molecular flexibility index (Phi) is 4.93. The Morgan fingerprint density at radius 2 is 1.93 bits per heavy atom. The Hall–Kier alpha value is -3.03. The highest BCUT2D eigenvalue weighted by atomic mass is 32.1. The molecule has 1 atom stereocenters. The van der Waals surface area contributed by atoms with Gasteiger partial charge in [0.25, 0.3) is 5.91 Å². The first-order valence-corrected chi connectivity index (χ1v) is 9.61. The zero-order valence-electron chi connectivity index (χ0n) is 15.1. The van der Waals surface area contributed by atoms with Gasteiger partial charge in [0.1, 0.15) is 10.6 Å². The van der Waals surface area contributed by atoms with Gasteiger partial charge in [-0.25, -0.2) is 9.07 Å². The summed E-state index contributed by atoms with van der Waals surface area (Å²) in [5.74, 6) is -0.630. The lowest BCUT2D eigenvalue weighted by atomic mass is 10.1. The van der Waals surface area contributed by atoms with Gasteiger partial charge < -0.3 is 10.4 Å². The van der Waals surface area contributed by atoms with Crippen LogP contribution in [0.1, 0.15) is 27.0 Å². The summed E-state index contributed by atoms with van der Waals surface area (Å²) in [5, 5.41) is 18.4. The third kappa shape index (κ3) is 3.54. The SMILES string of the molecule is Cc1nn(-c2ccccc2)c2sc(C(=O)NCC(O)c3ccc(F)cc3)cc12. The van der Waals surface area contributed by atoms with Crippen LogP contribution in [0.25, 0.3) is 15.9 Å². The lowest BCUT2D eigenvalue weighted by molar-refractivity contribution is 0.0920. The van der Waals surface area contributed by atoms with E-state index in [1.807, 2.05) is 48.0 Å². The third-order valence-corrected chi connectivity index (χ3v) is 5.59. The van der Waals surface area contributed by atoms with Crippen molar-refractivity contribution in [3.05, 3.63) is 82.6 Å². The molecule has 2 aromatic carbocycles. The number of hydrogen-bond acceptors (Lipinski definition) is 4. The van der Waals surface area contributed by atoms with Gasteiger partial charge in [-0.05, 0) is 42.8 Å². The minimum atomic E-state index is -0.902. The standard InChI is InChI=1S/C21H18FN3O2S/c1-13-17-11-19(28-21(17)25(24-13)16-5-3-2-4-6-16)20(27)23-12-18(26)14-7-9-15(22)10-8-14/h2-11,18,26H,12H2,1H3,(H,23,27). The van der Waals surface area contributed by atoms with Gasteiger partial charge in [0.15, 0.2) is 0 Å². The summed E-state index contributed by atoms with van der Waals surface area (Å²) >= 11 is 1.35. The number of amides is 1. The molecular weight excluding hydrogens is 377 g/mol. The molecule has 7 heteroatoms. The number of para-hydroxylation sites is 1. The maximum absolute atomic E-state index is 13.0. The van der Waals surface area contributed by atoms with Crippen molar-refractivity contribution in [3.63, 3.8) is 0 Å². The fourth-order valence-electron chi connectivity index (χ4n) is 2.98. The van der Waals surface area contributed by atoms with Crippen LogP contribution in [0, 0.1) is 12.7 Å². The monoisotopic (exact) mass is 395 g/mol. The van der Waals surface area contributed by atoms with Crippen LogP contribution >= 0.6 is 11.3 Å². The molecule has 1 amide bonds. The molecule has 2 aromatic heterocycles. The summed E-state index contributed by atoms with van der Waals surface area (Å²) in [6, 6.07) is 17.1. The normalized spacial score (nSPS) is 12.2. The molecule has 0 fully saturated rings. The van der Waals surface area contributed by atoms with Crippen LogP contribution in [0.3, 0.4) is 0 Å². The molecule has 0 saturated heterocycles. The average molecular weight is 395 g/mol. The van der Waals surface area contributed by atoms with E-state index in [-0.39, 0.29) is 18.3 Å². The van der Waals surface area contributed by atoms with Crippen molar-refractivity contribution in [1.82, 2.24) is 15.1 Å². The highest BCUT2D eigenvalue weighted by Crippen LogP contribution is 2.30. The van der Waals surface area contributed by atoms with Crippen molar-refractivity contribution in [2.45, 2.75) is 13.0 Å². The number of thiophene rings is 1. The van der Waals surface area contributed by atoms with Gasteiger partial charge in [-0.2, -0.15) is 5.10 Å². The predicted molar refractivity (Wildman–Crippen MR) is 107 cm³/mol. The minimum absolute atomic E-state index is 0.0442. The lowest BCUT2D eigenvalue weighted by Crippen LogP contribution is -2.27. The molecule has 0 aliphatic carbocycles. The minimum Gasteiger partial charge on any atom is -0.387 e. The van der Waals surface area contributed by atoms with Crippen LogP contribution in [-0.2, 0) is 0 Å². The molecule has 0 saturated carbocycles. The Morgan fingerprint density at radius 3 is 2.64 bits per heavy atom. The number of rotatable bonds is 5. The van der Waals surface area contributed by atoms with Crippen molar-refractivity contribution >= 4 is 27.5 Å². The Bertz CT molecular complexity index is 1120. The van der Waals surface area contributed by atoms with E-state index in [4.69, 9.17) is 0 Å². The molecule has 28 heavy (non-hydrogen) atoms. The van der Waals surface area contributed by atoms with Gasteiger partial charge in [-0.1, -0.05) is 30.3 Å². The molecule has 0 aliphatic heterocycles. The number of aliphatic hydroxyl groups is 1. The third-order valence-electron chi connectivity index (χ3n) is 4.48. The topological polar surface area (TPSA) is 67.2 Å². The van der Waals surface area contributed by atoms with E-state index in [0.717, 1.165) is 21.6 Å². The van der Waals surface area contributed by atoms with E-state index < -0.39 is 6.10 Å². The van der Waals surface area contributed by atoms with E-state index in [1.165, 1.54) is 35.6 Å². The molecule has 2 N–H and O–H groups in total. The number of carbonyl (C=O) groups is 1. The van der Waals surface area contributed by atoms with Crippen LogP contribution in [0.2, 0.25) is 0 Å². The number of aliphatic hydroxyl groups excluding tert-OH is 1. The zero-order valence-corrected chi connectivity index (χ0v) is 15.9. The maximum Gasteiger partial charge on any atom is 0.261 e. The van der Waals surface area contributed by atoms with E-state index in [2.05, 4.69) is 10.4 Å². The Labute approximate surface area is 165 Å². The molecule has 0 spiro atoms. The van der Waals surface area contributed by atoms with Gasteiger partial charge in [0, 0.05) is 11.9 Å². The fraction of sp³-hybridized carbons (Fsp3) is 0.143. The Morgan fingerprint density at radius 1 is 1.21 bits per heavy atom. The number of hydrogen-bond donors (Lipinski definition) is 2.